The number of rotatable bonds is 9. The lowest BCUT2D eigenvalue weighted by atomic mass is 10.0. The van der Waals surface area contributed by atoms with E-state index in [1.807, 2.05) is 44.2 Å². The maximum atomic E-state index is 12.5. The molecular formula is C25H26N2O4S. The molecule has 0 spiro atoms. The molecule has 0 aliphatic carbocycles. The van der Waals surface area contributed by atoms with Crippen molar-refractivity contribution in [2.45, 2.75) is 27.4 Å². The molecule has 3 aromatic rings. The van der Waals surface area contributed by atoms with Crippen molar-refractivity contribution < 1.29 is 17.9 Å². The van der Waals surface area contributed by atoms with E-state index in [2.05, 4.69) is 9.71 Å². The fourth-order valence-electron chi connectivity index (χ4n) is 3.16. The van der Waals surface area contributed by atoms with Gasteiger partial charge in [-0.2, -0.15) is 0 Å². The Morgan fingerprint density at radius 3 is 2.34 bits per heavy atom. The summed E-state index contributed by atoms with van der Waals surface area (Å²) in [5.41, 5.74) is 4.60. The first-order valence-corrected chi connectivity index (χ1v) is 11.9. The highest BCUT2D eigenvalue weighted by atomic mass is 32.2. The van der Waals surface area contributed by atoms with E-state index < -0.39 is 10.0 Å². The number of ether oxygens (including phenoxy) is 1. The molecule has 166 valence electrons. The second-order valence-electron chi connectivity index (χ2n) is 7.37. The largest absolute Gasteiger partial charge is 0.487 e. The van der Waals surface area contributed by atoms with E-state index in [4.69, 9.17) is 4.74 Å². The summed E-state index contributed by atoms with van der Waals surface area (Å²) >= 11 is 0. The number of hydrogen-bond acceptors (Lipinski definition) is 5. The highest BCUT2D eigenvalue weighted by molar-refractivity contribution is 7.92. The van der Waals surface area contributed by atoms with Gasteiger partial charge in [-0.05, 0) is 92.1 Å². The van der Waals surface area contributed by atoms with Crippen LogP contribution in [0.5, 0.6) is 5.75 Å². The minimum atomic E-state index is -3.35. The van der Waals surface area contributed by atoms with E-state index in [0.717, 1.165) is 28.1 Å². The van der Waals surface area contributed by atoms with Crippen LogP contribution >= 0.6 is 0 Å². The molecule has 1 aromatic heterocycles. The Bertz CT molecular complexity index is 1200. The number of ketones is 1. The molecule has 7 heteroatoms. The topological polar surface area (TPSA) is 85.4 Å². The number of aryl methyl sites for hydroxylation is 2. The Hall–Kier alpha value is -3.45. The van der Waals surface area contributed by atoms with Gasteiger partial charge in [-0.15, -0.1) is 0 Å². The van der Waals surface area contributed by atoms with Crippen molar-refractivity contribution >= 4 is 27.6 Å². The number of benzene rings is 2. The maximum absolute atomic E-state index is 12.5. The monoisotopic (exact) mass is 450 g/mol. The molecule has 2 aromatic carbocycles. The van der Waals surface area contributed by atoms with Gasteiger partial charge in [0.1, 0.15) is 12.4 Å². The Morgan fingerprint density at radius 2 is 1.75 bits per heavy atom. The van der Waals surface area contributed by atoms with Crippen molar-refractivity contribution in [3.8, 4) is 5.75 Å². The Balaban J connectivity index is 1.67. The quantitative estimate of drug-likeness (QED) is 0.369. The Kier molecular flexibility index (Phi) is 7.43. The number of carbonyl (C=O) groups is 1. The number of sulfonamides is 1. The van der Waals surface area contributed by atoms with Crippen molar-refractivity contribution in [3.05, 3.63) is 94.8 Å². The summed E-state index contributed by atoms with van der Waals surface area (Å²) in [6.07, 6.45) is 5.01. The molecule has 0 radical (unpaired) electrons. The number of pyridine rings is 1. The summed E-state index contributed by atoms with van der Waals surface area (Å²) in [5, 5.41) is 0. The Labute approximate surface area is 189 Å². The van der Waals surface area contributed by atoms with Gasteiger partial charge in [-0.3, -0.25) is 14.5 Å². The van der Waals surface area contributed by atoms with Crippen LogP contribution in [0, 0.1) is 13.8 Å². The summed E-state index contributed by atoms with van der Waals surface area (Å²) in [6.45, 7) is 5.89. The molecule has 0 unspecified atom stereocenters. The fraction of sp³-hybridized carbons (Fsp3) is 0.200. The summed E-state index contributed by atoms with van der Waals surface area (Å²) < 4.78 is 31.7. The second-order valence-corrected chi connectivity index (χ2v) is 9.38. The third kappa shape index (κ3) is 6.28. The third-order valence-corrected chi connectivity index (χ3v) is 6.13. The van der Waals surface area contributed by atoms with E-state index >= 15 is 0 Å². The maximum Gasteiger partial charge on any atom is 0.232 e. The van der Waals surface area contributed by atoms with Crippen LogP contribution in [-0.2, 0) is 16.6 Å². The number of aromatic nitrogens is 1. The highest BCUT2D eigenvalue weighted by Gasteiger charge is 2.09. The minimum absolute atomic E-state index is 0.0117. The van der Waals surface area contributed by atoms with Crippen LogP contribution in [0.1, 0.15) is 39.7 Å². The SMILES string of the molecule is CCS(=O)(=O)Nc1ccc(C(=O)C=Cc2cc(C)c(OCc3ccccn3)c(C)c2)cc1. The first-order valence-electron chi connectivity index (χ1n) is 10.2. The molecule has 0 saturated carbocycles. The van der Waals surface area contributed by atoms with Gasteiger partial charge < -0.3 is 4.74 Å². The predicted molar refractivity (Wildman–Crippen MR) is 127 cm³/mol. The second kappa shape index (κ2) is 10.2. The van der Waals surface area contributed by atoms with Crippen molar-refractivity contribution in [3.63, 3.8) is 0 Å². The molecule has 0 amide bonds. The zero-order valence-corrected chi connectivity index (χ0v) is 19.1. The molecule has 1 heterocycles. The smallest absolute Gasteiger partial charge is 0.232 e. The van der Waals surface area contributed by atoms with Gasteiger partial charge in [0.25, 0.3) is 0 Å². The van der Waals surface area contributed by atoms with Gasteiger partial charge in [0.2, 0.25) is 10.0 Å². The summed E-state index contributed by atoms with van der Waals surface area (Å²) in [7, 11) is -3.35. The third-order valence-electron chi connectivity index (χ3n) is 4.82. The van der Waals surface area contributed by atoms with Crippen molar-refractivity contribution in [1.82, 2.24) is 4.98 Å². The molecule has 0 fully saturated rings. The molecule has 1 N–H and O–H groups in total. The van der Waals surface area contributed by atoms with Gasteiger partial charge in [-0.25, -0.2) is 8.42 Å². The van der Waals surface area contributed by atoms with E-state index in [0.29, 0.717) is 17.9 Å². The van der Waals surface area contributed by atoms with E-state index in [9.17, 15) is 13.2 Å². The standard InChI is InChI=1S/C25H26N2O4S/c1-4-32(29,30)27-22-11-9-21(10-12-22)24(28)13-8-20-15-18(2)25(19(3)16-20)31-17-23-7-5-6-14-26-23/h5-16,27H,4,17H2,1-3H3. The van der Waals surface area contributed by atoms with Crippen LogP contribution in [0.4, 0.5) is 5.69 Å². The molecular weight excluding hydrogens is 424 g/mol. The van der Waals surface area contributed by atoms with Gasteiger partial charge in [0.15, 0.2) is 5.78 Å². The molecule has 32 heavy (non-hydrogen) atoms. The summed E-state index contributed by atoms with van der Waals surface area (Å²) in [6, 6.07) is 16.0. The van der Waals surface area contributed by atoms with E-state index in [-0.39, 0.29) is 11.5 Å². The lowest BCUT2D eigenvalue weighted by Crippen LogP contribution is -2.14. The highest BCUT2D eigenvalue weighted by Crippen LogP contribution is 2.26. The first-order chi connectivity index (χ1) is 15.3. The average Bonchev–Trinajstić information content (AvgIpc) is 2.78. The van der Waals surface area contributed by atoms with Crippen LogP contribution in [0.25, 0.3) is 6.08 Å². The number of nitrogens with one attached hydrogen (secondary N) is 1. The fourth-order valence-corrected chi connectivity index (χ4v) is 3.80. The molecule has 0 saturated heterocycles. The molecule has 0 aliphatic heterocycles. The normalized spacial score (nSPS) is 11.5. The van der Waals surface area contributed by atoms with Crippen LogP contribution in [0.2, 0.25) is 0 Å². The number of hydrogen-bond donors (Lipinski definition) is 1. The van der Waals surface area contributed by atoms with Crippen molar-refractivity contribution in [2.24, 2.45) is 0 Å². The first kappa shape index (κ1) is 23.2. The van der Waals surface area contributed by atoms with Crippen LogP contribution < -0.4 is 9.46 Å². The molecule has 6 nitrogen and oxygen atoms in total. The van der Waals surface area contributed by atoms with E-state index in [1.54, 1.807) is 43.5 Å². The average molecular weight is 451 g/mol. The number of nitrogens with zero attached hydrogens (tertiary/aromatic N) is 1. The molecule has 0 atom stereocenters. The van der Waals surface area contributed by atoms with Crippen molar-refractivity contribution in [1.29, 1.82) is 0 Å². The zero-order valence-electron chi connectivity index (χ0n) is 18.3. The Morgan fingerprint density at radius 1 is 1.06 bits per heavy atom. The van der Waals surface area contributed by atoms with E-state index in [1.165, 1.54) is 6.08 Å². The summed E-state index contributed by atoms with van der Waals surface area (Å²) in [4.78, 5) is 16.8. The molecule has 0 bridgehead atoms. The lowest BCUT2D eigenvalue weighted by molar-refractivity contribution is 0.104. The number of anilines is 1. The van der Waals surface area contributed by atoms with Gasteiger partial charge in [0.05, 0.1) is 11.4 Å². The minimum Gasteiger partial charge on any atom is -0.487 e. The predicted octanol–water partition coefficient (Wildman–Crippen LogP) is 4.94. The molecule has 3 rings (SSSR count). The summed E-state index contributed by atoms with van der Waals surface area (Å²) in [5.74, 6) is 0.632. The molecule has 0 aliphatic rings. The van der Waals surface area contributed by atoms with Gasteiger partial charge >= 0.3 is 0 Å². The van der Waals surface area contributed by atoms with Crippen LogP contribution in [0.3, 0.4) is 0 Å². The van der Waals surface area contributed by atoms with Crippen molar-refractivity contribution in [2.75, 3.05) is 10.5 Å². The van der Waals surface area contributed by atoms with Crippen LogP contribution in [-0.4, -0.2) is 24.9 Å². The van der Waals surface area contributed by atoms with Gasteiger partial charge in [-0.1, -0.05) is 12.1 Å². The van der Waals surface area contributed by atoms with Gasteiger partial charge in [0, 0.05) is 17.4 Å². The van der Waals surface area contributed by atoms with Crippen LogP contribution in [0.15, 0.2) is 66.9 Å². The zero-order chi connectivity index (χ0) is 23.1. The lowest BCUT2D eigenvalue weighted by Gasteiger charge is -2.13. The number of allylic oxidation sites excluding steroid dienone is 1. The number of carbonyl (C=O) groups excluding carboxylic acids is 1.